The lowest BCUT2D eigenvalue weighted by atomic mass is 9.93. The van der Waals surface area contributed by atoms with E-state index in [-0.39, 0.29) is 11.1 Å². The summed E-state index contributed by atoms with van der Waals surface area (Å²) in [6, 6.07) is 5.18. The number of halogens is 5. The lowest BCUT2D eigenvalue weighted by molar-refractivity contribution is -0.139. The third kappa shape index (κ3) is 3.21. The minimum atomic E-state index is -4.72. The maximum absolute atomic E-state index is 13.2. The molecule has 6 heteroatoms. The molecule has 0 aliphatic heterocycles. The second kappa shape index (κ2) is 5.44. The maximum Gasteiger partial charge on any atom is 0.416 e. The first kappa shape index (κ1) is 15.4. The molecule has 21 heavy (non-hydrogen) atoms. The van der Waals surface area contributed by atoms with Gasteiger partial charge in [-0.1, -0.05) is 6.07 Å². The fourth-order valence-corrected chi connectivity index (χ4v) is 2.13. The molecule has 0 amide bonds. The van der Waals surface area contributed by atoms with Gasteiger partial charge in [0.25, 0.3) is 0 Å². The van der Waals surface area contributed by atoms with E-state index in [9.17, 15) is 27.1 Å². The first-order valence-electron chi connectivity index (χ1n) is 6.01. The van der Waals surface area contributed by atoms with Crippen LogP contribution in [-0.4, -0.2) is 5.11 Å². The maximum atomic E-state index is 13.2. The van der Waals surface area contributed by atoms with Crippen LogP contribution < -0.4 is 0 Å². The average Bonchev–Trinajstić information content (AvgIpc) is 2.36. The summed E-state index contributed by atoms with van der Waals surface area (Å²) in [5.41, 5.74) is -1.36. The minimum absolute atomic E-state index is 0.0903. The van der Waals surface area contributed by atoms with Crippen LogP contribution in [0.1, 0.15) is 28.4 Å². The Morgan fingerprint density at radius 2 is 1.48 bits per heavy atom. The summed E-state index contributed by atoms with van der Waals surface area (Å²) in [6.45, 7) is 1.45. The molecule has 0 radical (unpaired) electrons. The Morgan fingerprint density at radius 1 is 0.905 bits per heavy atom. The van der Waals surface area contributed by atoms with Gasteiger partial charge in [-0.05, 0) is 48.4 Å². The number of aliphatic hydroxyl groups excluding tert-OH is 1. The third-order valence-corrected chi connectivity index (χ3v) is 3.14. The second-order valence-corrected chi connectivity index (χ2v) is 4.63. The number of rotatable bonds is 2. The van der Waals surface area contributed by atoms with Gasteiger partial charge in [0.15, 0.2) is 0 Å². The van der Waals surface area contributed by atoms with Crippen molar-refractivity contribution in [1.82, 2.24) is 0 Å². The Morgan fingerprint density at radius 3 is 2.05 bits per heavy atom. The van der Waals surface area contributed by atoms with Crippen molar-refractivity contribution in [2.45, 2.75) is 19.2 Å². The number of aliphatic hydroxyl groups is 1. The van der Waals surface area contributed by atoms with Gasteiger partial charge in [0, 0.05) is 5.56 Å². The molecule has 0 aliphatic carbocycles. The molecule has 0 heterocycles. The zero-order valence-corrected chi connectivity index (χ0v) is 10.9. The molecule has 0 aliphatic rings. The standard InChI is InChI=1S/C15H11F5O/c1-8-6-9(16)2-4-11(8)14(21)12-7-10(17)3-5-13(12)15(18,19)20/h2-7,14,21H,1H3. The van der Waals surface area contributed by atoms with E-state index in [1.165, 1.54) is 13.0 Å². The number of alkyl halides is 3. The number of hydrogen-bond donors (Lipinski definition) is 1. The molecule has 112 valence electrons. The fraction of sp³-hybridized carbons (Fsp3) is 0.200. The highest BCUT2D eigenvalue weighted by Crippen LogP contribution is 2.37. The van der Waals surface area contributed by atoms with Gasteiger partial charge < -0.3 is 5.11 Å². The zero-order chi connectivity index (χ0) is 15.8. The van der Waals surface area contributed by atoms with E-state index in [4.69, 9.17) is 0 Å². The van der Waals surface area contributed by atoms with Crippen molar-refractivity contribution >= 4 is 0 Å². The number of aryl methyl sites for hydroxylation is 1. The van der Waals surface area contributed by atoms with Crippen molar-refractivity contribution in [1.29, 1.82) is 0 Å². The zero-order valence-electron chi connectivity index (χ0n) is 10.9. The monoisotopic (exact) mass is 302 g/mol. The van der Waals surface area contributed by atoms with E-state index in [1.54, 1.807) is 0 Å². The third-order valence-electron chi connectivity index (χ3n) is 3.14. The van der Waals surface area contributed by atoms with E-state index in [0.717, 1.165) is 12.1 Å². The molecule has 1 nitrogen and oxygen atoms in total. The van der Waals surface area contributed by atoms with Crippen LogP contribution in [0.4, 0.5) is 22.0 Å². The quantitative estimate of drug-likeness (QED) is 0.817. The van der Waals surface area contributed by atoms with Crippen molar-refractivity contribution in [2.24, 2.45) is 0 Å². The van der Waals surface area contributed by atoms with Gasteiger partial charge in [-0.3, -0.25) is 0 Å². The molecule has 2 aromatic carbocycles. The molecular formula is C15H11F5O. The summed E-state index contributed by atoms with van der Waals surface area (Å²) in [4.78, 5) is 0. The highest BCUT2D eigenvalue weighted by Gasteiger charge is 2.35. The molecule has 1 atom stereocenters. The van der Waals surface area contributed by atoms with Gasteiger partial charge >= 0.3 is 6.18 Å². The molecule has 0 bridgehead atoms. The Bertz CT molecular complexity index is 664. The van der Waals surface area contributed by atoms with Crippen LogP contribution >= 0.6 is 0 Å². The van der Waals surface area contributed by atoms with Crippen molar-refractivity contribution in [3.05, 3.63) is 70.3 Å². The molecule has 0 saturated heterocycles. The van der Waals surface area contributed by atoms with Crippen LogP contribution in [-0.2, 0) is 6.18 Å². The minimum Gasteiger partial charge on any atom is -0.384 e. The van der Waals surface area contributed by atoms with E-state index in [1.807, 2.05) is 0 Å². The van der Waals surface area contributed by atoms with E-state index < -0.39 is 35.0 Å². The SMILES string of the molecule is Cc1cc(F)ccc1C(O)c1cc(F)ccc1C(F)(F)F. The Labute approximate surface area is 117 Å². The second-order valence-electron chi connectivity index (χ2n) is 4.63. The highest BCUT2D eigenvalue weighted by atomic mass is 19.4. The van der Waals surface area contributed by atoms with Crippen LogP contribution in [0.25, 0.3) is 0 Å². The predicted molar refractivity (Wildman–Crippen MR) is 66.6 cm³/mol. The average molecular weight is 302 g/mol. The van der Waals surface area contributed by atoms with Crippen LogP contribution in [0.15, 0.2) is 36.4 Å². The van der Waals surface area contributed by atoms with Gasteiger partial charge in [0.05, 0.1) is 5.56 Å². The first-order valence-corrected chi connectivity index (χ1v) is 6.01. The van der Waals surface area contributed by atoms with Crippen molar-refractivity contribution in [2.75, 3.05) is 0 Å². The van der Waals surface area contributed by atoms with Crippen LogP contribution in [0, 0.1) is 18.6 Å². The molecule has 2 aromatic rings. The van der Waals surface area contributed by atoms with E-state index >= 15 is 0 Å². The van der Waals surface area contributed by atoms with Crippen LogP contribution in [0.2, 0.25) is 0 Å². The van der Waals surface area contributed by atoms with Gasteiger partial charge in [0.2, 0.25) is 0 Å². The lowest BCUT2D eigenvalue weighted by Crippen LogP contribution is -2.14. The fourth-order valence-electron chi connectivity index (χ4n) is 2.13. The Kier molecular flexibility index (Phi) is 4.00. The Balaban J connectivity index is 2.57. The molecule has 0 aromatic heterocycles. The Hall–Kier alpha value is -1.95. The summed E-state index contributed by atoms with van der Waals surface area (Å²) in [6.07, 6.45) is -6.42. The molecule has 0 fully saturated rings. The topological polar surface area (TPSA) is 20.2 Å². The largest absolute Gasteiger partial charge is 0.416 e. The molecular weight excluding hydrogens is 291 g/mol. The summed E-state index contributed by atoms with van der Waals surface area (Å²) in [5, 5.41) is 10.1. The molecule has 2 rings (SSSR count). The summed E-state index contributed by atoms with van der Waals surface area (Å²) < 4.78 is 65.0. The molecule has 0 spiro atoms. The molecule has 1 unspecified atom stereocenters. The van der Waals surface area contributed by atoms with Crippen LogP contribution in [0.5, 0.6) is 0 Å². The lowest BCUT2D eigenvalue weighted by Gasteiger charge is -2.19. The normalized spacial score (nSPS) is 13.3. The number of benzene rings is 2. The summed E-state index contributed by atoms with van der Waals surface area (Å²) >= 11 is 0. The summed E-state index contributed by atoms with van der Waals surface area (Å²) in [5.74, 6) is -1.46. The van der Waals surface area contributed by atoms with Crippen molar-refractivity contribution in [3.8, 4) is 0 Å². The number of hydrogen-bond acceptors (Lipinski definition) is 1. The van der Waals surface area contributed by atoms with Crippen molar-refractivity contribution in [3.63, 3.8) is 0 Å². The van der Waals surface area contributed by atoms with Crippen LogP contribution in [0.3, 0.4) is 0 Å². The van der Waals surface area contributed by atoms with Gasteiger partial charge in [0.1, 0.15) is 17.7 Å². The first-order chi connectivity index (χ1) is 9.70. The van der Waals surface area contributed by atoms with Gasteiger partial charge in [-0.15, -0.1) is 0 Å². The smallest absolute Gasteiger partial charge is 0.384 e. The van der Waals surface area contributed by atoms with E-state index in [0.29, 0.717) is 18.2 Å². The molecule has 0 saturated carbocycles. The van der Waals surface area contributed by atoms with Crippen molar-refractivity contribution < 1.29 is 27.1 Å². The molecule has 1 N–H and O–H groups in total. The van der Waals surface area contributed by atoms with E-state index in [2.05, 4.69) is 0 Å². The predicted octanol–water partition coefficient (Wildman–Crippen LogP) is 4.37. The van der Waals surface area contributed by atoms with Gasteiger partial charge in [-0.2, -0.15) is 13.2 Å². The summed E-state index contributed by atoms with van der Waals surface area (Å²) in [7, 11) is 0. The van der Waals surface area contributed by atoms with Gasteiger partial charge in [-0.25, -0.2) is 8.78 Å². The highest BCUT2D eigenvalue weighted by molar-refractivity contribution is 5.40.